The van der Waals surface area contributed by atoms with Crippen molar-refractivity contribution in [2.45, 2.75) is 26.3 Å². The molecule has 0 unspecified atom stereocenters. The number of carbonyl (C=O) groups is 1. The lowest BCUT2D eigenvalue weighted by molar-refractivity contribution is -0.138. The molecule has 0 spiro atoms. The number of hydrogen-bond acceptors (Lipinski definition) is 3. The molecule has 0 amide bonds. The summed E-state index contributed by atoms with van der Waals surface area (Å²) in [6, 6.07) is 1.24. The molecule has 0 radical (unpaired) electrons. The van der Waals surface area contributed by atoms with Crippen LogP contribution >= 0.6 is 15.9 Å². The molecule has 5 heteroatoms. The van der Waals surface area contributed by atoms with Gasteiger partial charge in [-0.1, -0.05) is 13.8 Å². The van der Waals surface area contributed by atoms with Gasteiger partial charge in [-0.05, 0) is 34.3 Å². The number of carboxylic acids is 1. The minimum atomic E-state index is -0.839. The van der Waals surface area contributed by atoms with Crippen LogP contribution in [0.15, 0.2) is 22.9 Å². The molecule has 16 heavy (non-hydrogen) atoms. The van der Waals surface area contributed by atoms with Crippen LogP contribution in [-0.4, -0.2) is 22.1 Å². The summed E-state index contributed by atoms with van der Waals surface area (Å²) in [7, 11) is 0. The summed E-state index contributed by atoms with van der Waals surface area (Å²) < 4.78 is 0.825. The van der Waals surface area contributed by atoms with Gasteiger partial charge in [0.05, 0.1) is 11.9 Å². The first-order valence-corrected chi connectivity index (χ1v) is 5.88. The van der Waals surface area contributed by atoms with Gasteiger partial charge in [0.1, 0.15) is 6.04 Å². The average Bonchev–Trinajstić information content (AvgIpc) is 2.15. The Hall–Kier alpha value is -1.10. The van der Waals surface area contributed by atoms with E-state index in [0.717, 1.165) is 4.47 Å². The molecular formula is C11H15BrN2O2. The standard InChI is InChI=1S/C11H15BrN2O2/c1-7(2)3-10(11(15)16)14-9-4-8(12)5-13-6-9/h4-7,10,14H,3H2,1-2H3,(H,15,16)/t10-/m1/s1. The van der Waals surface area contributed by atoms with E-state index in [0.29, 0.717) is 18.0 Å². The highest BCUT2D eigenvalue weighted by molar-refractivity contribution is 9.10. The molecule has 0 saturated heterocycles. The predicted molar refractivity (Wildman–Crippen MR) is 66.4 cm³/mol. The van der Waals surface area contributed by atoms with E-state index in [1.54, 1.807) is 12.4 Å². The quantitative estimate of drug-likeness (QED) is 0.874. The summed E-state index contributed by atoms with van der Waals surface area (Å²) in [4.78, 5) is 15.0. The predicted octanol–water partition coefficient (Wildman–Crippen LogP) is 2.76. The second-order valence-electron chi connectivity index (χ2n) is 4.06. The monoisotopic (exact) mass is 286 g/mol. The van der Waals surface area contributed by atoms with Crippen molar-refractivity contribution in [2.24, 2.45) is 5.92 Å². The van der Waals surface area contributed by atoms with E-state index in [2.05, 4.69) is 26.2 Å². The lowest BCUT2D eigenvalue weighted by atomic mass is 10.0. The Morgan fingerprint density at radius 1 is 1.56 bits per heavy atom. The number of aromatic nitrogens is 1. The van der Waals surface area contributed by atoms with Crippen LogP contribution in [0.2, 0.25) is 0 Å². The first kappa shape index (κ1) is 13.0. The van der Waals surface area contributed by atoms with Crippen molar-refractivity contribution in [1.82, 2.24) is 4.98 Å². The summed E-state index contributed by atoms with van der Waals surface area (Å²) in [6.07, 6.45) is 3.85. The third-order valence-electron chi connectivity index (χ3n) is 2.05. The zero-order valence-corrected chi connectivity index (χ0v) is 10.9. The highest BCUT2D eigenvalue weighted by atomic mass is 79.9. The molecule has 1 heterocycles. The van der Waals surface area contributed by atoms with Crippen molar-refractivity contribution in [2.75, 3.05) is 5.32 Å². The molecule has 0 bridgehead atoms. The van der Waals surface area contributed by atoms with Crippen molar-refractivity contribution in [3.05, 3.63) is 22.9 Å². The Kier molecular flexibility index (Phi) is 4.73. The van der Waals surface area contributed by atoms with E-state index in [9.17, 15) is 4.79 Å². The molecular weight excluding hydrogens is 272 g/mol. The molecule has 0 aromatic carbocycles. The number of pyridine rings is 1. The van der Waals surface area contributed by atoms with E-state index in [-0.39, 0.29) is 0 Å². The van der Waals surface area contributed by atoms with Gasteiger partial charge in [-0.15, -0.1) is 0 Å². The molecule has 2 N–H and O–H groups in total. The van der Waals surface area contributed by atoms with Gasteiger partial charge in [0.15, 0.2) is 0 Å². The molecule has 0 fully saturated rings. The minimum Gasteiger partial charge on any atom is -0.480 e. The first-order chi connectivity index (χ1) is 7.49. The topological polar surface area (TPSA) is 62.2 Å². The highest BCUT2D eigenvalue weighted by Gasteiger charge is 2.18. The second kappa shape index (κ2) is 5.84. The number of anilines is 1. The lowest BCUT2D eigenvalue weighted by Crippen LogP contribution is -2.30. The largest absolute Gasteiger partial charge is 0.480 e. The Morgan fingerprint density at radius 2 is 2.25 bits per heavy atom. The lowest BCUT2D eigenvalue weighted by Gasteiger charge is -2.17. The summed E-state index contributed by atoms with van der Waals surface area (Å²) in [5.41, 5.74) is 0.711. The molecule has 0 saturated carbocycles. The maximum Gasteiger partial charge on any atom is 0.326 e. The Balaban J connectivity index is 2.71. The summed E-state index contributed by atoms with van der Waals surface area (Å²) >= 11 is 3.29. The van der Waals surface area contributed by atoms with E-state index < -0.39 is 12.0 Å². The number of nitrogens with one attached hydrogen (secondary N) is 1. The zero-order valence-electron chi connectivity index (χ0n) is 9.27. The van der Waals surface area contributed by atoms with Crippen molar-refractivity contribution in [1.29, 1.82) is 0 Å². The molecule has 0 aliphatic heterocycles. The highest BCUT2D eigenvalue weighted by Crippen LogP contribution is 2.16. The SMILES string of the molecule is CC(C)C[C@@H](Nc1cncc(Br)c1)C(=O)O. The van der Waals surface area contributed by atoms with Crippen LogP contribution in [-0.2, 0) is 4.79 Å². The minimum absolute atomic E-state index is 0.328. The molecule has 4 nitrogen and oxygen atoms in total. The fourth-order valence-electron chi connectivity index (χ4n) is 1.38. The van der Waals surface area contributed by atoms with Gasteiger partial charge in [0.25, 0.3) is 0 Å². The van der Waals surface area contributed by atoms with Crippen LogP contribution in [0.4, 0.5) is 5.69 Å². The van der Waals surface area contributed by atoms with Crippen LogP contribution < -0.4 is 5.32 Å². The fraction of sp³-hybridized carbons (Fsp3) is 0.455. The van der Waals surface area contributed by atoms with Gasteiger partial charge in [0, 0.05) is 10.7 Å². The molecule has 0 aliphatic carbocycles. The summed E-state index contributed by atoms with van der Waals surface area (Å²) in [6.45, 7) is 3.99. The zero-order chi connectivity index (χ0) is 12.1. The van der Waals surface area contributed by atoms with Crippen LogP contribution in [0.1, 0.15) is 20.3 Å². The van der Waals surface area contributed by atoms with Gasteiger partial charge >= 0.3 is 5.97 Å². The number of aliphatic carboxylic acids is 1. The smallest absolute Gasteiger partial charge is 0.326 e. The first-order valence-electron chi connectivity index (χ1n) is 5.09. The van der Waals surface area contributed by atoms with E-state index in [1.165, 1.54) is 0 Å². The number of hydrogen-bond donors (Lipinski definition) is 2. The Labute approximate surface area is 103 Å². The molecule has 0 aliphatic rings. The van der Waals surface area contributed by atoms with Gasteiger partial charge in [-0.25, -0.2) is 4.79 Å². The van der Waals surface area contributed by atoms with Crippen molar-refractivity contribution >= 4 is 27.6 Å². The van der Waals surface area contributed by atoms with Crippen LogP contribution in [0.5, 0.6) is 0 Å². The average molecular weight is 287 g/mol. The van der Waals surface area contributed by atoms with Gasteiger partial charge in [-0.2, -0.15) is 0 Å². The number of rotatable bonds is 5. The normalized spacial score (nSPS) is 12.5. The van der Waals surface area contributed by atoms with Crippen molar-refractivity contribution in [3.8, 4) is 0 Å². The number of carboxylic acid groups (broad SMARTS) is 1. The maximum absolute atomic E-state index is 11.0. The van der Waals surface area contributed by atoms with E-state index >= 15 is 0 Å². The molecule has 88 valence electrons. The maximum atomic E-state index is 11.0. The molecule has 1 aromatic heterocycles. The van der Waals surface area contributed by atoms with Gasteiger partial charge in [0.2, 0.25) is 0 Å². The molecule has 1 aromatic rings. The summed E-state index contributed by atoms with van der Waals surface area (Å²) in [5, 5.41) is 12.0. The van der Waals surface area contributed by atoms with Gasteiger partial charge < -0.3 is 10.4 Å². The number of nitrogens with zero attached hydrogens (tertiary/aromatic N) is 1. The molecule has 1 rings (SSSR count). The Bertz CT molecular complexity index is 369. The van der Waals surface area contributed by atoms with E-state index in [1.807, 2.05) is 19.9 Å². The van der Waals surface area contributed by atoms with Gasteiger partial charge in [-0.3, -0.25) is 4.98 Å². The fourth-order valence-corrected chi connectivity index (χ4v) is 1.75. The summed E-state index contributed by atoms with van der Waals surface area (Å²) in [5.74, 6) is -0.512. The van der Waals surface area contributed by atoms with Crippen molar-refractivity contribution in [3.63, 3.8) is 0 Å². The third-order valence-corrected chi connectivity index (χ3v) is 2.48. The second-order valence-corrected chi connectivity index (χ2v) is 4.97. The third kappa shape index (κ3) is 4.18. The van der Waals surface area contributed by atoms with E-state index in [4.69, 9.17) is 5.11 Å². The number of halogens is 1. The van der Waals surface area contributed by atoms with Crippen LogP contribution in [0.25, 0.3) is 0 Å². The Morgan fingerprint density at radius 3 is 2.75 bits per heavy atom. The molecule has 1 atom stereocenters. The van der Waals surface area contributed by atoms with Crippen molar-refractivity contribution < 1.29 is 9.90 Å². The van der Waals surface area contributed by atoms with Crippen LogP contribution in [0, 0.1) is 5.92 Å². The van der Waals surface area contributed by atoms with Crippen LogP contribution in [0.3, 0.4) is 0 Å².